The van der Waals surface area contributed by atoms with Crippen LogP contribution in [0.4, 0.5) is 0 Å². The Labute approximate surface area is 203 Å². The smallest absolute Gasteiger partial charge is 0.137 e. The van der Waals surface area contributed by atoms with E-state index < -0.39 is 5.60 Å². The van der Waals surface area contributed by atoms with Gasteiger partial charge in [0.1, 0.15) is 31.3 Å². The molecule has 0 saturated carbocycles. The molecule has 2 N–H and O–H groups in total. The van der Waals surface area contributed by atoms with Crippen LogP contribution in [0.2, 0.25) is 0 Å². The maximum absolute atomic E-state index is 11.0. The Morgan fingerprint density at radius 2 is 1.39 bits per heavy atom. The van der Waals surface area contributed by atoms with E-state index in [1.165, 1.54) is 16.0 Å². The highest BCUT2D eigenvalue weighted by atomic mass is 35.5. The molecule has 5 heteroatoms. The van der Waals surface area contributed by atoms with E-state index in [2.05, 4.69) is 43.3 Å². The van der Waals surface area contributed by atoms with E-state index in [4.69, 9.17) is 9.47 Å². The predicted molar refractivity (Wildman–Crippen MR) is 127 cm³/mol. The lowest BCUT2D eigenvalue weighted by Gasteiger charge is -2.36. The molecular weight excluding hydrogens is 434 g/mol. The molecule has 1 heterocycles. The van der Waals surface area contributed by atoms with E-state index in [0.717, 1.165) is 56.0 Å². The summed E-state index contributed by atoms with van der Waals surface area (Å²) in [5, 5.41) is 11.0. The van der Waals surface area contributed by atoms with Crippen LogP contribution in [0.1, 0.15) is 29.5 Å². The first-order chi connectivity index (χ1) is 15.6. The number of piperidine rings is 1. The Kier molecular flexibility index (Phi) is 9.19. The van der Waals surface area contributed by atoms with Crippen LogP contribution in [0.3, 0.4) is 0 Å². The van der Waals surface area contributed by atoms with Crippen LogP contribution in [-0.4, -0.2) is 36.9 Å². The first kappa shape index (κ1) is 25.1. The second-order valence-electron chi connectivity index (χ2n) is 8.98. The molecule has 3 aromatic carbocycles. The minimum absolute atomic E-state index is 0. The van der Waals surface area contributed by atoms with Crippen LogP contribution in [0.15, 0.2) is 78.9 Å². The molecule has 0 aromatic heterocycles. The van der Waals surface area contributed by atoms with Crippen molar-refractivity contribution in [3.05, 3.63) is 95.6 Å². The summed E-state index contributed by atoms with van der Waals surface area (Å²) in [6, 6.07) is 26.5. The molecule has 0 radical (unpaired) electrons. The molecule has 1 fully saturated rings. The summed E-state index contributed by atoms with van der Waals surface area (Å²) in [6.45, 7) is 6.25. The number of hydrogen-bond donors (Lipinski definition) is 2. The third kappa shape index (κ3) is 7.78. The zero-order valence-electron chi connectivity index (χ0n) is 19.3. The zero-order valence-corrected chi connectivity index (χ0v) is 20.1. The average molecular weight is 468 g/mol. The van der Waals surface area contributed by atoms with Gasteiger partial charge >= 0.3 is 0 Å². The number of aliphatic hydroxyl groups is 1. The molecule has 0 unspecified atom stereocenters. The van der Waals surface area contributed by atoms with Gasteiger partial charge in [-0.3, -0.25) is 0 Å². The Hall–Kier alpha value is -2.53. The Morgan fingerprint density at radius 1 is 0.788 bits per heavy atom. The Morgan fingerprint density at radius 3 is 2.03 bits per heavy atom. The third-order valence-corrected chi connectivity index (χ3v) is 6.34. The minimum atomic E-state index is -0.574. The van der Waals surface area contributed by atoms with Gasteiger partial charge in [0.2, 0.25) is 0 Å². The standard InChI is InChI=1S/C28H33NO3.ClH/c1-23-7-9-24(10-8-23)21-28(30)15-17-29(18-16-28)19-20-31-26-11-13-27(14-12-26)32-22-25-5-3-2-4-6-25;/h2-14,30H,15-22H2,1H3;1H. The number of aryl methyl sites for hydroxylation is 1. The van der Waals surface area contributed by atoms with Crippen LogP contribution >= 0.6 is 0 Å². The van der Waals surface area contributed by atoms with Crippen molar-refractivity contribution in [1.82, 2.24) is 0 Å². The van der Waals surface area contributed by atoms with Crippen LogP contribution in [0.25, 0.3) is 0 Å². The lowest BCUT2D eigenvalue weighted by atomic mass is 9.85. The van der Waals surface area contributed by atoms with Gasteiger partial charge in [-0.25, -0.2) is 0 Å². The molecule has 0 atom stereocenters. The van der Waals surface area contributed by atoms with E-state index >= 15 is 0 Å². The molecule has 0 amide bonds. The second-order valence-corrected chi connectivity index (χ2v) is 8.98. The fourth-order valence-electron chi connectivity index (χ4n) is 4.27. The van der Waals surface area contributed by atoms with Gasteiger partial charge in [0.05, 0.1) is 18.7 Å². The number of rotatable bonds is 9. The lowest BCUT2D eigenvalue weighted by molar-refractivity contribution is -0.907. The summed E-state index contributed by atoms with van der Waals surface area (Å²) >= 11 is 0. The molecule has 1 saturated heterocycles. The Balaban J connectivity index is 0.00000306. The van der Waals surface area contributed by atoms with Gasteiger partial charge < -0.3 is 31.9 Å². The molecule has 4 nitrogen and oxygen atoms in total. The predicted octanol–water partition coefficient (Wildman–Crippen LogP) is 0.609. The number of nitrogens with one attached hydrogen (secondary N) is 1. The van der Waals surface area contributed by atoms with Crippen LogP contribution in [0, 0.1) is 6.92 Å². The summed E-state index contributed by atoms with van der Waals surface area (Å²) < 4.78 is 11.8. The summed E-state index contributed by atoms with van der Waals surface area (Å²) in [7, 11) is 0. The van der Waals surface area contributed by atoms with E-state index in [-0.39, 0.29) is 12.4 Å². The second kappa shape index (κ2) is 12.1. The highest BCUT2D eigenvalue weighted by molar-refractivity contribution is 5.31. The van der Waals surface area contributed by atoms with E-state index in [0.29, 0.717) is 13.2 Å². The number of ether oxygens (including phenoxy) is 2. The molecule has 0 aliphatic carbocycles. The quantitative estimate of drug-likeness (QED) is 0.484. The molecule has 1 aliphatic rings. The normalized spacial score (nSPS) is 20.0. The summed E-state index contributed by atoms with van der Waals surface area (Å²) in [4.78, 5) is 1.50. The number of halogens is 1. The number of hydrogen-bond acceptors (Lipinski definition) is 3. The largest absolute Gasteiger partial charge is 1.00 e. The maximum Gasteiger partial charge on any atom is 0.137 e. The summed E-state index contributed by atoms with van der Waals surface area (Å²) in [5.74, 6) is 1.71. The minimum Gasteiger partial charge on any atom is -1.00 e. The first-order valence-corrected chi connectivity index (χ1v) is 11.6. The van der Waals surface area contributed by atoms with Gasteiger partial charge in [0.25, 0.3) is 0 Å². The number of quaternary nitrogens is 1. The summed E-state index contributed by atoms with van der Waals surface area (Å²) in [6.07, 6.45) is 2.42. The van der Waals surface area contributed by atoms with Gasteiger partial charge in [-0.15, -0.1) is 0 Å². The summed E-state index contributed by atoms with van der Waals surface area (Å²) in [5.41, 5.74) is 3.06. The van der Waals surface area contributed by atoms with Crippen LogP contribution < -0.4 is 26.8 Å². The molecule has 0 spiro atoms. The van der Waals surface area contributed by atoms with E-state index in [1.807, 2.05) is 42.5 Å². The van der Waals surface area contributed by atoms with Gasteiger partial charge in [-0.1, -0.05) is 60.2 Å². The van der Waals surface area contributed by atoms with Gasteiger partial charge in [-0.05, 0) is 42.3 Å². The first-order valence-electron chi connectivity index (χ1n) is 11.6. The number of likely N-dealkylation sites (tertiary alicyclic amines) is 1. The van der Waals surface area contributed by atoms with E-state index in [9.17, 15) is 5.11 Å². The molecule has 4 rings (SSSR count). The van der Waals surface area contributed by atoms with Crippen LogP contribution in [-0.2, 0) is 13.0 Å². The SMILES string of the molecule is Cc1ccc(CC2(O)CC[NH+](CCOc3ccc(OCc4ccccc4)cc3)CC2)cc1.[Cl-]. The maximum atomic E-state index is 11.0. The molecule has 1 aliphatic heterocycles. The van der Waals surface area contributed by atoms with Crippen molar-refractivity contribution in [3.63, 3.8) is 0 Å². The topological polar surface area (TPSA) is 43.1 Å². The van der Waals surface area contributed by atoms with Crippen molar-refractivity contribution in [2.75, 3.05) is 26.2 Å². The molecule has 33 heavy (non-hydrogen) atoms. The van der Waals surface area contributed by atoms with Crippen molar-refractivity contribution < 1.29 is 31.9 Å². The highest BCUT2D eigenvalue weighted by Gasteiger charge is 2.34. The molecule has 3 aromatic rings. The van der Waals surface area contributed by atoms with Gasteiger partial charge in [0, 0.05) is 19.3 Å². The Bertz CT molecular complexity index is 953. The highest BCUT2D eigenvalue weighted by Crippen LogP contribution is 2.22. The van der Waals surface area contributed by atoms with Crippen molar-refractivity contribution >= 4 is 0 Å². The lowest BCUT2D eigenvalue weighted by Crippen LogP contribution is -3.14. The molecular formula is C28H34ClNO3. The monoisotopic (exact) mass is 467 g/mol. The van der Waals surface area contributed by atoms with Gasteiger partial charge in [0.15, 0.2) is 0 Å². The average Bonchev–Trinajstić information content (AvgIpc) is 2.82. The van der Waals surface area contributed by atoms with Crippen molar-refractivity contribution in [2.45, 2.75) is 38.4 Å². The van der Waals surface area contributed by atoms with Crippen molar-refractivity contribution in [2.24, 2.45) is 0 Å². The van der Waals surface area contributed by atoms with Crippen molar-refractivity contribution in [3.8, 4) is 11.5 Å². The van der Waals surface area contributed by atoms with Crippen LogP contribution in [0.5, 0.6) is 11.5 Å². The number of benzene rings is 3. The zero-order chi connectivity index (χ0) is 22.2. The van der Waals surface area contributed by atoms with Gasteiger partial charge in [-0.2, -0.15) is 0 Å². The molecule has 0 bridgehead atoms. The van der Waals surface area contributed by atoms with E-state index in [1.54, 1.807) is 0 Å². The third-order valence-electron chi connectivity index (χ3n) is 6.34. The van der Waals surface area contributed by atoms with Crippen molar-refractivity contribution in [1.29, 1.82) is 0 Å². The fourth-order valence-corrected chi connectivity index (χ4v) is 4.27. The fraction of sp³-hybridized carbons (Fsp3) is 0.357. The molecule has 176 valence electrons.